The van der Waals surface area contributed by atoms with Crippen molar-refractivity contribution in [2.45, 2.75) is 12.1 Å². The van der Waals surface area contributed by atoms with Crippen molar-refractivity contribution in [2.75, 3.05) is 5.73 Å². The van der Waals surface area contributed by atoms with Crippen LogP contribution in [0.4, 0.5) is 5.69 Å². The number of halogens is 1. The number of rotatable bonds is 2. The van der Waals surface area contributed by atoms with Gasteiger partial charge in [0.05, 0.1) is 5.71 Å². The summed E-state index contributed by atoms with van der Waals surface area (Å²) in [6.45, 7) is 0. The number of hydrogen-bond acceptors (Lipinski definition) is 6. The van der Waals surface area contributed by atoms with E-state index in [1.165, 1.54) is 0 Å². The topological polar surface area (TPSA) is 104 Å². The van der Waals surface area contributed by atoms with E-state index in [9.17, 15) is 4.79 Å². The standard InChI is InChI=1S/C17H15ClN6O/c18-12-7-3-1-5-10(12)14-9-17(23-21-14)16(25)20-15(22-24-17)11-6-2-4-8-13(11)19/h1-8,23-24H,9,19H2,(H,20,22,25)/t17-/m0/s1. The summed E-state index contributed by atoms with van der Waals surface area (Å²) in [6, 6.07) is 14.6. The summed E-state index contributed by atoms with van der Waals surface area (Å²) in [6.07, 6.45) is 0.309. The summed E-state index contributed by atoms with van der Waals surface area (Å²) in [5.74, 6) is 0.0910. The van der Waals surface area contributed by atoms with Gasteiger partial charge in [0.15, 0.2) is 5.84 Å². The van der Waals surface area contributed by atoms with Gasteiger partial charge in [-0.25, -0.2) is 0 Å². The van der Waals surface area contributed by atoms with Crippen molar-refractivity contribution >= 4 is 34.7 Å². The maximum absolute atomic E-state index is 12.7. The Kier molecular flexibility index (Phi) is 3.58. The van der Waals surface area contributed by atoms with Gasteiger partial charge in [-0.05, 0) is 18.2 Å². The molecule has 0 aliphatic carbocycles. The van der Waals surface area contributed by atoms with Gasteiger partial charge in [-0.1, -0.05) is 41.9 Å². The zero-order chi connectivity index (χ0) is 17.4. The van der Waals surface area contributed by atoms with Crippen molar-refractivity contribution in [3.8, 4) is 0 Å². The molecule has 5 N–H and O–H groups in total. The molecular formula is C17H15ClN6O. The molecule has 1 amide bonds. The first-order valence-electron chi connectivity index (χ1n) is 7.69. The predicted octanol–water partition coefficient (Wildman–Crippen LogP) is 1.40. The van der Waals surface area contributed by atoms with Gasteiger partial charge in [-0.15, -0.1) is 0 Å². The summed E-state index contributed by atoms with van der Waals surface area (Å²) in [5.41, 5.74) is 13.2. The van der Waals surface area contributed by atoms with Crippen LogP contribution in [-0.2, 0) is 4.79 Å². The lowest BCUT2D eigenvalue weighted by Crippen LogP contribution is -2.65. The molecule has 1 atom stereocenters. The van der Waals surface area contributed by atoms with E-state index < -0.39 is 5.66 Å². The van der Waals surface area contributed by atoms with Crippen molar-refractivity contribution in [3.63, 3.8) is 0 Å². The van der Waals surface area contributed by atoms with Gasteiger partial charge in [0.2, 0.25) is 5.66 Å². The minimum Gasteiger partial charge on any atom is -0.398 e. The number of benzene rings is 2. The van der Waals surface area contributed by atoms with Gasteiger partial charge < -0.3 is 11.1 Å². The third kappa shape index (κ3) is 2.58. The van der Waals surface area contributed by atoms with E-state index in [-0.39, 0.29) is 5.91 Å². The number of carbonyl (C=O) groups is 1. The molecule has 0 radical (unpaired) electrons. The zero-order valence-corrected chi connectivity index (χ0v) is 13.8. The van der Waals surface area contributed by atoms with Gasteiger partial charge >= 0.3 is 0 Å². The Morgan fingerprint density at radius 1 is 1.00 bits per heavy atom. The van der Waals surface area contributed by atoms with E-state index in [0.717, 1.165) is 5.56 Å². The van der Waals surface area contributed by atoms with Crippen LogP contribution in [0.15, 0.2) is 58.7 Å². The lowest BCUT2D eigenvalue weighted by Gasteiger charge is -2.31. The van der Waals surface area contributed by atoms with Gasteiger partial charge in [-0.2, -0.15) is 10.2 Å². The average Bonchev–Trinajstić information content (AvgIpc) is 3.04. The van der Waals surface area contributed by atoms with Crippen LogP contribution in [0.5, 0.6) is 0 Å². The third-order valence-corrected chi connectivity index (χ3v) is 4.52. The Bertz CT molecular complexity index is 925. The van der Waals surface area contributed by atoms with Crippen LogP contribution in [0, 0.1) is 0 Å². The van der Waals surface area contributed by atoms with Crippen LogP contribution in [0.3, 0.4) is 0 Å². The highest BCUT2D eigenvalue weighted by molar-refractivity contribution is 6.34. The van der Waals surface area contributed by atoms with Crippen molar-refractivity contribution in [3.05, 3.63) is 64.7 Å². The Labute approximate surface area is 148 Å². The van der Waals surface area contributed by atoms with Crippen molar-refractivity contribution in [2.24, 2.45) is 10.2 Å². The van der Waals surface area contributed by atoms with E-state index in [2.05, 4.69) is 26.4 Å². The molecular weight excluding hydrogens is 340 g/mol. The molecule has 0 saturated heterocycles. The number of amidine groups is 1. The van der Waals surface area contributed by atoms with Crippen LogP contribution in [0.25, 0.3) is 0 Å². The number of carbonyl (C=O) groups excluding carboxylic acids is 1. The van der Waals surface area contributed by atoms with Crippen molar-refractivity contribution < 1.29 is 4.79 Å². The smallest absolute Gasteiger partial charge is 0.275 e. The molecule has 2 aliphatic rings. The van der Waals surface area contributed by atoms with Crippen molar-refractivity contribution in [1.29, 1.82) is 0 Å². The number of anilines is 1. The molecule has 126 valence electrons. The zero-order valence-electron chi connectivity index (χ0n) is 13.1. The number of para-hydroxylation sites is 1. The minimum atomic E-state index is -1.14. The first-order valence-corrected chi connectivity index (χ1v) is 8.07. The second-order valence-electron chi connectivity index (χ2n) is 5.85. The number of hydrogen-bond donors (Lipinski definition) is 4. The lowest BCUT2D eigenvalue weighted by molar-refractivity contribution is -0.127. The molecule has 0 unspecified atom stereocenters. The van der Waals surface area contributed by atoms with Crippen LogP contribution < -0.4 is 21.9 Å². The van der Waals surface area contributed by atoms with Gasteiger partial charge in [0.25, 0.3) is 5.91 Å². The Hall–Kier alpha value is -3.06. The van der Waals surface area contributed by atoms with E-state index in [0.29, 0.717) is 34.2 Å². The molecule has 0 fully saturated rings. The van der Waals surface area contributed by atoms with Gasteiger partial charge in [0, 0.05) is 28.3 Å². The van der Waals surface area contributed by atoms with E-state index >= 15 is 0 Å². The number of nitrogens with two attached hydrogens (primary N) is 1. The van der Waals surface area contributed by atoms with Crippen molar-refractivity contribution in [1.82, 2.24) is 16.2 Å². The molecule has 0 saturated carbocycles. The van der Waals surface area contributed by atoms with Gasteiger partial charge in [-0.3, -0.25) is 15.6 Å². The fourth-order valence-electron chi connectivity index (χ4n) is 2.82. The highest BCUT2D eigenvalue weighted by atomic mass is 35.5. The molecule has 0 bridgehead atoms. The lowest BCUT2D eigenvalue weighted by atomic mass is 9.98. The maximum Gasteiger partial charge on any atom is 0.275 e. The highest BCUT2D eigenvalue weighted by Crippen LogP contribution is 2.26. The Morgan fingerprint density at radius 3 is 2.40 bits per heavy atom. The monoisotopic (exact) mass is 354 g/mol. The fraction of sp³-hybridized carbons (Fsp3) is 0.118. The minimum absolute atomic E-state index is 0.286. The number of amides is 1. The molecule has 7 nitrogen and oxygen atoms in total. The molecule has 1 spiro atoms. The first kappa shape index (κ1) is 15.5. The molecule has 2 aliphatic heterocycles. The first-order chi connectivity index (χ1) is 12.1. The molecule has 2 heterocycles. The molecule has 8 heteroatoms. The SMILES string of the molecule is Nc1ccccc1C1=NN[C@@]2(CC(c3ccccc3Cl)=NN2)C(=O)N1. The average molecular weight is 355 g/mol. The second kappa shape index (κ2) is 5.78. The maximum atomic E-state index is 12.7. The molecule has 2 aromatic rings. The predicted molar refractivity (Wildman–Crippen MR) is 97.1 cm³/mol. The Morgan fingerprint density at radius 2 is 1.68 bits per heavy atom. The second-order valence-corrected chi connectivity index (χ2v) is 6.25. The molecule has 25 heavy (non-hydrogen) atoms. The van der Waals surface area contributed by atoms with Gasteiger partial charge in [0.1, 0.15) is 0 Å². The van der Waals surface area contributed by atoms with Crippen LogP contribution in [0.2, 0.25) is 5.02 Å². The third-order valence-electron chi connectivity index (χ3n) is 4.19. The van der Waals surface area contributed by atoms with Crippen LogP contribution >= 0.6 is 11.6 Å². The number of hydrazone groups is 2. The summed E-state index contributed by atoms with van der Waals surface area (Å²) < 4.78 is 0. The summed E-state index contributed by atoms with van der Waals surface area (Å²) in [4.78, 5) is 12.7. The Balaban J connectivity index is 1.59. The quantitative estimate of drug-likeness (QED) is 0.612. The van der Waals surface area contributed by atoms with E-state index in [1.54, 1.807) is 18.2 Å². The highest BCUT2D eigenvalue weighted by Gasteiger charge is 2.46. The molecule has 2 aromatic carbocycles. The largest absolute Gasteiger partial charge is 0.398 e. The normalized spacial score (nSPS) is 21.9. The number of nitrogen functional groups attached to an aromatic ring is 1. The van der Waals surface area contributed by atoms with Crippen LogP contribution in [0.1, 0.15) is 17.5 Å². The summed E-state index contributed by atoms with van der Waals surface area (Å²) in [5, 5.41) is 11.9. The summed E-state index contributed by atoms with van der Waals surface area (Å²) in [7, 11) is 0. The van der Waals surface area contributed by atoms with Crippen LogP contribution in [-0.4, -0.2) is 23.1 Å². The number of nitrogens with one attached hydrogen (secondary N) is 3. The molecule has 0 aromatic heterocycles. The van der Waals surface area contributed by atoms with E-state index in [1.807, 2.05) is 30.3 Å². The summed E-state index contributed by atoms with van der Waals surface area (Å²) >= 11 is 6.22. The number of nitrogens with zero attached hydrogens (tertiary/aromatic N) is 2. The fourth-order valence-corrected chi connectivity index (χ4v) is 3.07. The molecule has 4 rings (SSSR count). The van der Waals surface area contributed by atoms with E-state index in [4.69, 9.17) is 17.3 Å².